The van der Waals surface area contributed by atoms with Crippen LogP contribution < -0.4 is 9.80 Å². The fraction of sp³-hybridized carbons (Fsp3) is 0.667. The first-order valence-corrected chi connectivity index (χ1v) is 9.65. The molecule has 0 aliphatic carbocycles. The number of piperazine rings is 1. The smallest absolute Gasteiger partial charge is 0.410 e. The van der Waals surface area contributed by atoms with Gasteiger partial charge in [-0.2, -0.15) is 0 Å². The van der Waals surface area contributed by atoms with Gasteiger partial charge in [0.05, 0.1) is 6.54 Å². The van der Waals surface area contributed by atoms with Crippen LogP contribution in [0.15, 0.2) is 6.07 Å². The van der Waals surface area contributed by atoms with E-state index in [0.29, 0.717) is 26.2 Å². The summed E-state index contributed by atoms with van der Waals surface area (Å²) in [5, 5.41) is 0. The average Bonchev–Trinajstić information content (AvgIpc) is 3.34. The first-order valence-electron chi connectivity index (χ1n) is 9.65. The SMILES string of the molecule is Cc1nc(N2CCCC2)cc(N2CCN(C(=O)CN3CCOC3=O)CC2)n1. The van der Waals surface area contributed by atoms with Crippen molar-refractivity contribution in [3.8, 4) is 0 Å². The average molecular weight is 374 g/mol. The standard InChI is InChI=1S/C18H26N6O3/c1-14-19-15(21-4-2-3-5-21)12-16(20-14)22-6-8-23(9-7-22)17(25)13-24-10-11-27-18(24)26/h12H,2-11,13H2,1H3. The van der Waals surface area contributed by atoms with E-state index in [1.54, 1.807) is 0 Å². The van der Waals surface area contributed by atoms with Crippen LogP contribution in [0.1, 0.15) is 18.7 Å². The summed E-state index contributed by atoms with van der Waals surface area (Å²) in [4.78, 5) is 41.0. The molecule has 0 radical (unpaired) electrons. The number of amides is 2. The van der Waals surface area contributed by atoms with Crippen molar-refractivity contribution in [2.75, 3.05) is 68.8 Å². The van der Waals surface area contributed by atoms with Gasteiger partial charge in [-0.1, -0.05) is 0 Å². The molecule has 4 rings (SSSR count). The third-order valence-corrected chi connectivity index (χ3v) is 5.37. The maximum atomic E-state index is 12.5. The highest BCUT2D eigenvalue weighted by Crippen LogP contribution is 2.23. The van der Waals surface area contributed by atoms with E-state index in [-0.39, 0.29) is 12.5 Å². The summed E-state index contributed by atoms with van der Waals surface area (Å²) >= 11 is 0. The van der Waals surface area contributed by atoms with E-state index in [9.17, 15) is 9.59 Å². The molecule has 146 valence electrons. The Kier molecular flexibility index (Phi) is 5.00. The van der Waals surface area contributed by atoms with Crippen LogP contribution in [-0.4, -0.2) is 90.7 Å². The lowest BCUT2D eigenvalue weighted by Gasteiger charge is -2.36. The largest absolute Gasteiger partial charge is 0.448 e. The molecule has 0 aromatic carbocycles. The van der Waals surface area contributed by atoms with Crippen molar-refractivity contribution in [3.05, 3.63) is 11.9 Å². The predicted octanol–water partition coefficient (Wildman–Crippen LogP) is 0.486. The first kappa shape index (κ1) is 17.8. The van der Waals surface area contributed by atoms with Gasteiger partial charge in [0, 0.05) is 45.3 Å². The molecule has 2 amide bonds. The van der Waals surface area contributed by atoms with Crippen molar-refractivity contribution in [2.24, 2.45) is 0 Å². The van der Waals surface area contributed by atoms with Crippen LogP contribution in [-0.2, 0) is 9.53 Å². The van der Waals surface area contributed by atoms with Gasteiger partial charge in [0.15, 0.2) is 0 Å². The number of hydrogen-bond acceptors (Lipinski definition) is 7. The number of hydrogen-bond donors (Lipinski definition) is 0. The second-order valence-electron chi connectivity index (χ2n) is 7.23. The first-order chi connectivity index (χ1) is 13.1. The molecule has 1 aromatic heterocycles. The number of rotatable bonds is 4. The number of nitrogens with zero attached hydrogens (tertiary/aromatic N) is 6. The Balaban J connectivity index is 1.36. The molecule has 9 nitrogen and oxygen atoms in total. The van der Waals surface area contributed by atoms with Crippen LogP contribution in [0.2, 0.25) is 0 Å². The molecule has 3 saturated heterocycles. The van der Waals surface area contributed by atoms with E-state index in [0.717, 1.165) is 43.6 Å². The molecule has 0 atom stereocenters. The molecule has 0 bridgehead atoms. The minimum absolute atomic E-state index is 0.0230. The molecule has 3 aliphatic heterocycles. The minimum Gasteiger partial charge on any atom is -0.448 e. The van der Waals surface area contributed by atoms with Crippen LogP contribution >= 0.6 is 0 Å². The Labute approximate surface area is 158 Å². The molecule has 3 fully saturated rings. The molecular weight excluding hydrogens is 348 g/mol. The molecule has 4 heterocycles. The fourth-order valence-corrected chi connectivity index (χ4v) is 3.82. The normalized spacial score (nSPS) is 20.4. The van der Waals surface area contributed by atoms with Gasteiger partial charge >= 0.3 is 6.09 Å². The number of carbonyl (C=O) groups is 2. The second-order valence-corrected chi connectivity index (χ2v) is 7.23. The maximum absolute atomic E-state index is 12.5. The fourth-order valence-electron chi connectivity index (χ4n) is 3.82. The van der Waals surface area contributed by atoms with Gasteiger partial charge in [-0.15, -0.1) is 0 Å². The number of anilines is 2. The van der Waals surface area contributed by atoms with Crippen molar-refractivity contribution < 1.29 is 14.3 Å². The molecule has 9 heteroatoms. The predicted molar refractivity (Wildman–Crippen MR) is 99.9 cm³/mol. The van der Waals surface area contributed by atoms with Crippen molar-refractivity contribution in [1.82, 2.24) is 19.8 Å². The highest BCUT2D eigenvalue weighted by Gasteiger charge is 2.28. The van der Waals surface area contributed by atoms with Crippen molar-refractivity contribution in [1.29, 1.82) is 0 Å². The van der Waals surface area contributed by atoms with E-state index in [1.807, 2.05) is 11.8 Å². The van der Waals surface area contributed by atoms with Gasteiger partial charge in [-0.3, -0.25) is 9.69 Å². The highest BCUT2D eigenvalue weighted by molar-refractivity contribution is 5.83. The van der Waals surface area contributed by atoms with Crippen molar-refractivity contribution in [2.45, 2.75) is 19.8 Å². The van der Waals surface area contributed by atoms with Gasteiger partial charge < -0.3 is 19.4 Å². The van der Waals surface area contributed by atoms with E-state index in [4.69, 9.17) is 4.74 Å². The van der Waals surface area contributed by atoms with Gasteiger partial charge in [0.25, 0.3) is 0 Å². The van der Waals surface area contributed by atoms with Crippen LogP contribution in [0.4, 0.5) is 16.4 Å². The summed E-state index contributed by atoms with van der Waals surface area (Å²) in [7, 11) is 0. The summed E-state index contributed by atoms with van der Waals surface area (Å²) < 4.78 is 4.88. The van der Waals surface area contributed by atoms with Crippen molar-refractivity contribution >= 4 is 23.6 Å². The monoisotopic (exact) mass is 374 g/mol. The Bertz CT molecular complexity index is 713. The number of aryl methyl sites for hydroxylation is 1. The van der Waals surface area contributed by atoms with Gasteiger partial charge in [-0.25, -0.2) is 14.8 Å². The molecule has 1 aromatic rings. The molecule has 0 N–H and O–H groups in total. The van der Waals surface area contributed by atoms with Gasteiger partial charge in [0.1, 0.15) is 30.6 Å². The number of carbonyl (C=O) groups excluding carboxylic acids is 2. The summed E-state index contributed by atoms with van der Waals surface area (Å²) in [6.07, 6.45) is 2.03. The lowest BCUT2D eigenvalue weighted by Crippen LogP contribution is -2.51. The Morgan fingerprint density at radius 1 is 1.00 bits per heavy atom. The van der Waals surface area contributed by atoms with Gasteiger partial charge in [0.2, 0.25) is 5.91 Å². The summed E-state index contributed by atoms with van der Waals surface area (Å²) in [6, 6.07) is 2.07. The van der Waals surface area contributed by atoms with Crippen LogP contribution in [0.5, 0.6) is 0 Å². The Morgan fingerprint density at radius 3 is 2.22 bits per heavy atom. The topological polar surface area (TPSA) is 82.1 Å². The van der Waals surface area contributed by atoms with Crippen molar-refractivity contribution in [3.63, 3.8) is 0 Å². The summed E-state index contributed by atoms with van der Waals surface area (Å²) in [5.74, 6) is 2.69. The lowest BCUT2D eigenvalue weighted by molar-refractivity contribution is -0.132. The Hall–Kier alpha value is -2.58. The number of aromatic nitrogens is 2. The third-order valence-electron chi connectivity index (χ3n) is 5.37. The Morgan fingerprint density at radius 2 is 1.63 bits per heavy atom. The van der Waals surface area contributed by atoms with Gasteiger partial charge in [-0.05, 0) is 19.8 Å². The maximum Gasteiger partial charge on any atom is 0.410 e. The zero-order valence-electron chi connectivity index (χ0n) is 15.8. The van der Waals surface area contributed by atoms with Crippen LogP contribution in [0.25, 0.3) is 0 Å². The lowest BCUT2D eigenvalue weighted by atomic mass is 10.3. The highest BCUT2D eigenvalue weighted by atomic mass is 16.6. The molecule has 3 aliphatic rings. The summed E-state index contributed by atoms with van der Waals surface area (Å²) in [6.45, 7) is 7.71. The van der Waals surface area contributed by atoms with Crippen LogP contribution in [0.3, 0.4) is 0 Å². The van der Waals surface area contributed by atoms with E-state index in [1.165, 1.54) is 17.7 Å². The van der Waals surface area contributed by atoms with E-state index >= 15 is 0 Å². The zero-order chi connectivity index (χ0) is 18.8. The summed E-state index contributed by atoms with van der Waals surface area (Å²) in [5.41, 5.74) is 0. The number of ether oxygens (including phenoxy) is 1. The quantitative estimate of drug-likeness (QED) is 0.758. The second kappa shape index (κ2) is 7.58. The molecule has 0 unspecified atom stereocenters. The molecule has 27 heavy (non-hydrogen) atoms. The molecular formula is C18H26N6O3. The van der Waals surface area contributed by atoms with Crippen LogP contribution in [0, 0.1) is 6.92 Å². The van der Waals surface area contributed by atoms with E-state index in [2.05, 4.69) is 25.8 Å². The molecule has 0 spiro atoms. The van der Waals surface area contributed by atoms with E-state index < -0.39 is 6.09 Å². The third kappa shape index (κ3) is 3.91. The number of cyclic esters (lactones) is 1. The molecule has 0 saturated carbocycles. The zero-order valence-corrected chi connectivity index (χ0v) is 15.8. The minimum atomic E-state index is -0.395.